The summed E-state index contributed by atoms with van der Waals surface area (Å²) in [6.45, 7) is 6.64. The fourth-order valence-corrected chi connectivity index (χ4v) is 5.82. The minimum absolute atomic E-state index is 0.117. The number of hydrogen-bond acceptors (Lipinski definition) is 6. The minimum atomic E-state index is -0.790. The van der Waals surface area contributed by atoms with Gasteiger partial charge in [0.05, 0.1) is 25.2 Å². The van der Waals surface area contributed by atoms with E-state index in [2.05, 4.69) is 35.3 Å². The molecule has 2 aromatic rings. The molecule has 3 N–H and O–H groups in total. The first-order valence-corrected chi connectivity index (χ1v) is 13.9. The van der Waals surface area contributed by atoms with Crippen LogP contribution in [-0.2, 0) is 22.4 Å². The van der Waals surface area contributed by atoms with Gasteiger partial charge in [-0.3, -0.25) is 9.69 Å². The third-order valence-electron chi connectivity index (χ3n) is 6.63. The number of likely N-dealkylation sites (tertiary alicyclic amines) is 1. The van der Waals surface area contributed by atoms with Crippen molar-refractivity contribution in [3.05, 3.63) is 56.2 Å². The Kier molecular flexibility index (Phi) is 11.5. The molecular formula is C27H39ClN2O4S. The molecule has 0 bridgehead atoms. The first-order valence-electron chi connectivity index (χ1n) is 12.6. The molecule has 194 valence electrons. The molecule has 1 fully saturated rings. The maximum Gasteiger partial charge on any atom is 0.303 e. The van der Waals surface area contributed by atoms with Crippen LogP contribution in [0.1, 0.15) is 66.7 Å². The largest absolute Gasteiger partial charge is 0.481 e. The van der Waals surface area contributed by atoms with Crippen LogP contribution < -0.4 is 5.32 Å². The van der Waals surface area contributed by atoms with Gasteiger partial charge in [-0.25, -0.2) is 0 Å². The van der Waals surface area contributed by atoms with E-state index in [1.165, 1.54) is 18.4 Å². The number of hydrogen-bond donors (Lipinski definition) is 3. The van der Waals surface area contributed by atoms with Crippen molar-refractivity contribution in [1.82, 2.24) is 10.2 Å². The highest BCUT2D eigenvalue weighted by Crippen LogP contribution is 2.31. The molecule has 1 aromatic carbocycles. The van der Waals surface area contributed by atoms with Crippen molar-refractivity contribution in [1.29, 1.82) is 0 Å². The summed E-state index contributed by atoms with van der Waals surface area (Å²) in [5.74, 6) is -0.790. The van der Waals surface area contributed by atoms with Crippen LogP contribution in [0.3, 0.4) is 0 Å². The van der Waals surface area contributed by atoms with E-state index in [0.29, 0.717) is 19.0 Å². The lowest BCUT2D eigenvalue weighted by Crippen LogP contribution is -2.42. The maximum atomic E-state index is 11.0. The van der Waals surface area contributed by atoms with E-state index >= 15 is 0 Å². The van der Waals surface area contributed by atoms with Crippen LogP contribution in [0, 0.1) is 6.92 Å². The van der Waals surface area contributed by atoms with Crippen LogP contribution in [0.15, 0.2) is 29.6 Å². The molecule has 1 aliphatic rings. The molecule has 0 aliphatic carbocycles. The number of nitrogens with zero attached hydrogens (tertiary/aromatic N) is 1. The highest BCUT2D eigenvalue weighted by molar-refractivity contribution is 7.10. The van der Waals surface area contributed by atoms with Crippen molar-refractivity contribution in [3.63, 3.8) is 0 Å². The SMILES string of the molecule is CCCC(OC[C@H](O)CNCN1CCC[C@H]1Cc1ccc(C)c(Cl)c1)c1ccsc1CCC(=O)O. The summed E-state index contributed by atoms with van der Waals surface area (Å²) in [7, 11) is 0. The van der Waals surface area contributed by atoms with Gasteiger partial charge in [0.15, 0.2) is 0 Å². The van der Waals surface area contributed by atoms with Gasteiger partial charge in [0.1, 0.15) is 0 Å². The molecule has 0 amide bonds. The van der Waals surface area contributed by atoms with Crippen LogP contribution >= 0.6 is 22.9 Å². The van der Waals surface area contributed by atoms with E-state index < -0.39 is 12.1 Å². The van der Waals surface area contributed by atoms with Crippen molar-refractivity contribution in [2.75, 3.05) is 26.4 Å². The smallest absolute Gasteiger partial charge is 0.303 e. The van der Waals surface area contributed by atoms with Crippen molar-refractivity contribution < 1.29 is 19.7 Å². The second-order valence-electron chi connectivity index (χ2n) is 9.47. The van der Waals surface area contributed by atoms with Crippen LogP contribution in [0.5, 0.6) is 0 Å². The second-order valence-corrected chi connectivity index (χ2v) is 10.9. The summed E-state index contributed by atoms with van der Waals surface area (Å²) in [4.78, 5) is 14.5. The van der Waals surface area contributed by atoms with Gasteiger partial charge in [0.2, 0.25) is 0 Å². The number of ether oxygens (including phenoxy) is 1. The third kappa shape index (κ3) is 8.85. The number of carboxylic acid groups (broad SMARTS) is 1. The summed E-state index contributed by atoms with van der Waals surface area (Å²) in [5, 5.41) is 25.8. The maximum absolute atomic E-state index is 11.0. The normalized spacial score (nSPS) is 18.1. The molecular weight excluding hydrogens is 484 g/mol. The Morgan fingerprint density at radius 1 is 1.37 bits per heavy atom. The first kappa shape index (κ1) is 28.1. The zero-order valence-electron chi connectivity index (χ0n) is 20.8. The van der Waals surface area contributed by atoms with Crippen molar-refractivity contribution in [3.8, 4) is 0 Å². The Hall–Kier alpha value is -1.48. The zero-order valence-corrected chi connectivity index (χ0v) is 22.4. The molecule has 1 aromatic heterocycles. The Labute approximate surface area is 218 Å². The molecule has 3 atom stereocenters. The van der Waals surface area contributed by atoms with Gasteiger partial charge in [-0.2, -0.15) is 0 Å². The van der Waals surface area contributed by atoms with Crippen LogP contribution in [0.4, 0.5) is 0 Å². The molecule has 1 unspecified atom stereocenters. The third-order valence-corrected chi connectivity index (χ3v) is 8.04. The lowest BCUT2D eigenvalue weighted by Gasteiger charge is -2.26. The Bertz CT molecular complexity index is 938. The van der Waals surface area contributed by atoms with E-state index in [-0.39, 0.29) is 19.1 Å². The molecule has 3 rings (SSSR count). The average molecular weight is 523 g/mol. The number of nitrogens with one attached hydrogen (secondary N) is 1. The molecule has 1 aliphatic heterocycles. The summed E-state index contributed by atoms with van der Waals surface area (Å²) in [6.07, 6.45) is 5.04. The molecule has 35 heavy (non-hydrogen) atoms. The lowest BCUT2D eigenvalue weighted by atomic mass is 10.0. The van der Waals surface area contributed by atoms with Gasteiger partial charge < -0.3 is 20.3 Å². The summed E-state index contributed by atoms with van der Waals surface area (Å²) in [6, 6.07) is 8.84. The van der Waals surface area contributed by atoms with Crippen molar-refractivity contribution in [2.45, 2.75) is 77.0 Å². The van der Waals surface area contributed by atoms with Gasteiger partial charge in [-0.15, -0.1) is 11.3 Å². The summed E-state index contributed by atoms with van der Waals surface area (Å²) < 4.78 is 6.12. The number of benzene rings is 1. The van der Waals surface area contributed by atoms with Gasteiger partial charge >= 0.3 is 5.97 Å². The van der Waals surface area contributed by atoms with E-state index in [9.17, 15) is 9.90 Å². The lowest BCUT2D eigenvalue weighted by molar-refractivity contribution is -0.136. The number of aryl methyl sites for hydroxylation is 2. The topological polar surface area (TPSA) is 82.0 Å². The number of carbonyl (C=O) groups is 1. The molecule has 6 nitrogen and oxygen atoms in total. The van der Waals surface area contributed by atoms with E-state index in [0.717, 1.165) is 53.5 Å². The number of halogens is 1. The average Bonchev–Trinajstić information content (AvgIpc) is 3.47. The highest BCUT2D eigenvalue weighted by Gasteiger charge is 2.25. The van der Waals surface area contributed by atoms with Gasteiger partial charge in [-0.05, 0) is 79.8 Å². The van der Waals surface area contributed by atoms with Crippen LogP contribution in [-0.4, -0.2) is 59.6 Å². The van der Waals surface area contributed by atoms with Crippen molar-refractivity contribution in [2.24, 2.45) is 0 Å². The summed E-state index contributed by atoms with van der Waals surface area (Å²) in [5.41, 5.74) is 3.44. The number of rotatable bonds is 15. The van der Waals surface area contributed by atoms with Gasteiger partial charge in [0.25, 0.3) is 0 Å². The number of aliphatic hydroxyl groups excluding tert-OH is 1. The fraction of sp³-hybridized carbons (Fsp3) is 0.593. The number of aliphatic carboxylic acids is 1. The molecule has 2 heterocycles. The van der Waals surface area contributed by atoms with Gasteiger partial charge in [0, 0.05) is 29.2 Å². The Morgan fingerprint density at radius 3 is 2.94 bits per heavy atom. The number of aliphatic hydroxyl groups is 1. The van der Waals surface area contributed by atoms with Crippen molar-refractivity contribution >= 4 is 28.9 Å². The Morgan fingerprint density at radius 2 is 2.20 bits per heavy atom. The predicted molar refractivity (Wildman–Crippen MR) is 142 cm³/mol. The fourth-order valence-electron chi connectivity index (χ4n) is 4.68. The first-order chi connectivity index (χ1) is 16.9. The molecule has 1 saturated heterocycles. The monoisotopic (exact) mass is 522 g/mol. The van der Waals surface area contributed by atoms with E-state index in [4.69, 9.17) is 21.4 Å². The Balaban J connectivity index is 1.43. The second kappa shape index (κ2) is 14.3. The quantitative estimate of drug-likeness (QED) is 0.298. The number of carboxylic acids is 1. The zero-order chi connectivity index (χ0) is 25.2. The van der Waals surface area contributed by atoms with E-state index in [1.807, 2.05) is 18.4 Å². The van der Waals surface area contributed by atoms with Crippen LogP contribution in [0.25, 0.3) is 0 Å². The minimum Gasteiger partial charge on any atom is -0.481 e. The molecule has 0 saturated carbocycles. The highest BCUT2D eigenvalue weighted by atomic mass is 35.5. The van der Waals surface area contributed by atoms with Crippen LogP contribution in [0.2, 0.25) is 5.02 Å². The number of thiophene rings is 1. The van der Waals surface area contributed by atoms with E-state index in [1.54, 1.807) is 11.3 Å². The predicted octanol–water partition coefficient (Wildman–Crippen LogP) is 5.20. The molecule has 0 spiro atoms. The molecule has 8 heteroatoms. The summed E-state index contributed by atoms with van der Waals surface area (Å²) >= 11 is 7.89. The van der Waals surface area contributed by atoms with Gasteiger partial charge in [-0.1, -0.05) is 37.1 Å². The molecule has 0 radical (unpaired) electrons. The standard InChI is InChI=1S/C27H39ClN2O4S/c1-3-5-25(23-11-13-35-26(23)9-10-27(32)33)34-17-22(31)16-29-18-30-12-4-6-21(30)14-20-8-7-19(2)24(28)15-20/h7-8,11,13,15,21-22,25,29,31H,3-6,9-10,12,14,16-18H2,1-2H3,(H,32,33)/t21-,22+,25?/m0/s1.